The second kappa shape index (κ2) is 7.27. The van der Waals surface area contributed by atoms with Crippen LogP contribution in [-0.2, 0) is 16.4 Å². The third-order valence-electron chi connectivity index (χ3n) is 3.19. The van der Waals surface area contributed by atoms with Gasteiger partial charge in [0.15, 0.2) is 9.84 Å². The van der Waals surface area contributed by atoms with E-state index in [1.165, 1.54) is 5.56 Å². The molecule has 1 rings (SSSR count). The summed E-state index contributed by atoms with van der Waals surface area (Å²) >= 11 is 0. The molecule has 0 heterocycles. The molecule has 120 valence electrons. The van der Waals surface area contributed by atoms with Gasteiger partial charge in [-0.05, 0) is 38.5 Å². The second-order valence-electron chi connectivity index (χ2n) is 6.46. The predicted molar refractivity (Wildman–Crippen MR) is 87.5 cm³/mol. The summed E-state index contributed by atoms with van der Waals surface area (Å²) in [5.74, 6) is 0.736. The van der Waals surface area contributed by atoms with E-state index < -0.39 is 14.6 Å². The van der Waals surface area contributed by atoms with Gasteiger partial charge in [-0.2, -0.15) is 0 Å². The van der Waals surface area contributed by atoms with E-state index in [4.69, 9.17) is 4.74 Å². The van der Waals surface area contributed by atoms with Gasteiger partial charge in [0.25, 0.3) is 0 Å². The van der Waals surface area contributed by atoms with E-state index in [1.807, 2.05) is 24.3 Å². The fraction of sp³-hybridized carbons (Fsp3) is 0.625. The molecule has 4 nitrogen and oxygen atoms in total. The van der Waals surface area contributed by atoms with E-state index in [0.29, 0.717) is 11.8 Å². The van der Waals surface area contributed by atoms with Crippen LogP contribution < -0.4 is 10.1 Å². The fourth-order valence-corrected chi connectivity index (χ4v) is 2.52. The lowest BCUT2D eigenvalue weighted by Gasteiger charge is -2.19. The van der Waals surface area contributed by atoms with Crippen LogP contribution in [0.5, 0.6) is 5.75 Å². The Morgan fingerprint density at radius 1 is 1.14 bits per heavy atom. The molecular formula is C16H27NO3S. The van der Waals surface area contributed by atoms with Gasteiger partial charge < -0.3 is 10.1 Å². The van der Waals surface area contributed by atoms with Crippen molar-refractivity contribution in [1.82, 2.24) is 5.32 Å². The van der Waals surface area contributed by atoms with Crippen LogP contribution in [0.1, 0.15) is 40.2 Å². The summed E-state index contributed by atoms with van der Waals surface area (Å²) in [5, 5.41) is 3.34. The lowest BCUT2D eigenvalue weighted by Crippen LogP contribution is -2.32. The van der Waals surface area contributed by atoms with Gasteiger partial charge in [-0.25, -0.2) is 8.42 Å². The van der Waals surface area contributed by atoms with Gasteiger partial charge in [-0.15, -0.1) is 0 Å². The first-order chi connectivity index (χ1) is 9.62. The third kappa shape index (κ3) is 6.06. The fourth-order valence-electron chi connectivity index (χ4n) is 1.60. The molecular weight excluding hydrogens is 286 g/mol. The van der Waals surface area contributed by atoms with Gasteiger partial charge in [-0.3, -0.25) is 0 Å². The summed E-state index contributed by atoms with van der Waals surface area (Å²) in [6, 6.07) is 8.18. The monoisotopic (exact) mass is 313 g/mol. The zero-order valence-electron chi connectivity index (χ0n) is 13.6. The number of ether oxygens (including phenoxy) is 1. The summed E-state index contributed by atoms with van der Waals surface area (Å²) in [4.78, 5) is 0. The van der Waals surface area contributed by atoms with Gasteiger partial charge in [0.1, 0.15) is 12.4 Å². The Hall–Kier alpha value is -1.07. The number of hydrogen-bond acceptors (Lipinski definition) is 4. The van der Waals surface area contributed by atoms with Crippen molar-refractivity contribution in [3.63, 3.8) is 0 Å². The van der Waals surface area contributed by atoms with Crippen molar-refractivity contribution in [2.45, 2.75) is 52.0 Å². The SMILES string of the molecule is CC(C)NCc1ccc(OCCS(=O)(=O)C(C)(C)C)cc1. The van der Waals surface area contributed by atoms with Crippen molar-refractivity contribution in [1.29, 1.82) is 0 Å². The van der Waals surface area contributed by atoms with Gasteiger partial charge in [0, 0.05) is 12.6 Å². The molecule has 0 atom stereocenters. The molecule has 5 heteroatoms. The van der Waals surface area contributed by atoms with Crippen LogP contribution in [0.2, 0.25) is 0 Å². The molecule has 1 aromatic rings. The molecule has 0 saturated carbocycles. The number of hydrogen-bond donors (Lipinski definition) is 1. The zero-order chi connectivity index (χ0) is 16.1. The minimum Gasteiger partial charge on any atom is -0.493 e. The van der Waals surface area contributed by atoms with Crippen molar-refractivity contribution in [3.05, 3.63) is 29.8 Å². The van der Waals surface area contributed by atoms with Crippen LogP contribution in [0, 0.1) is 0 Å². The number of nitrogens with one attached hydrogen (secondary N) is 1. The molecule has 0 bridgehead atoms. The van der Waals surface area contributed by atoms with E-state index in [0.717, 1.165) is 6.54 Å². The molecule has 21 heavy (non-hydrogen) atoms. The summed E-state index contributed by atoms with van der Waals surface area (Å²) in [7, 11) is -3.13. The maximum Gasteiger partial charge on any atom is 0.158 e. The maximum absolute atomic E-state index is 12.0. The van der Waals surface area contributed by atoms with Crippen LogP contribution in [0.15, 0.2) is 24.3 Å². The highest BCUT2D eigenvalue weighted by Crippen LogP contribution is 2.17. The van der Waals surface area contributed by atoms with Gasteiger partial charge >= 0.3 is 0 Å². The summed E-state index contributed by atoms with van der Waals surface area (Å²) in [6.07, 6.45) is 0. The maximum atomic E-state index is 12.0. The Morgan fingerprint density at radius 2 is 1.71 bits per heavy atom. The Balaban J connectivity index is 2.47. The molecule has 0 aliphatic heterocycles. The molecule has 0 amide bonds. The number of benzene rings is 1. The van der Waals surface area contributed by atoms with E-state index in [1.54, 1.807) is 20.8 Å². The van der Waals surface area contributed by atoms with Crippen molar-refractivity contribution in [2.75, 3.05) is 12.4 Å². The van der Waals surface area contributed by atoms with Crippen molar-refractivity contribution in [2.24, 2.45) is 0 Å². The zero-order valence-corrected chi connectivity index (χ0v) is 14.5. The third-order valence-corrected chi connectivity index (χ3v) is 5.76. The van der Waals surface area contributed by atoms with E-state index >= 15 is 0 Å². The highest BCUT2D eigenvalue weighted by molar-refractivity contribution is 7.92. The van der Waals surface area contributed by atoms with E-state index in [2.05, 4.69) is 19.2 Å². The lowest BCUT2D eigenvalue weighted by atomic mass is 10.2. The van der Waals surface area contributed by atoms with Gasteiger partial charge in [0.05, 0.1) is 10.5 Å². The quantitative estimate of drug-likeness (QED) is 0.841. The molecule has 0 aromatic heterocycles. The molecule has 0 aliphatic rings. The predicted octanol–water partition coefficient (Wildman–Crippen LogP) is 2.78. The lowest BCUT2D eigenvalue weighted by molar-refractivity contribution is 0.339. The Bertz CT molecular complexity index is 528. The Kier molecular flexibility index (Phi) is 6.23. The topological polar surface area (TPSA) is 55.4 Å². The molecule has 0 radical (unpaired) electrons. The molecule has 0 fully saturated rings. The van der Waals surface area contributed by atoms with Gasteiger partial charge in [-0.1, -0.05) is 26.0 Å². The smallest absolute Gasteiger partial charge is 0.158 e. The standard InChI is InChI=1S/C16H27NO3S/c1-13(2)17-12-14-6-8-15(9-7-14)20-10-11-21(18,19)16(3,4)5/h6-9,13,17H,10-12H2,1-5H3. The molecule has 0 unspecified atom stereocenters. The molecule has 0 saturated heterocycles. The van der Waals surface area contributed by atoms with E-state index in [-0.39, 0.29) is 12.4 Å². The van der Waals surface area contributed by atoms with Crippen LogP contribution in [0.4, 0.5) is 0 Å². The first-order valence-electron chi connectivity index (χ1n) is 7.29. The normalized spacial score (nSPS) is 12.7. The van der Waals surface area contributed by atoms with Crippen LogP contribution >= 0.6 is 0 Å². The first-order valence-corrected chi connectivity index (χ1v) is 8.94. The second-order valence-corrected chi connectivity index (χ2v) is 9.32. The summed E-state index contributed by atoms with van der Waals surface area (Å²) in [5.41, 5.74) is 1.18. The van der Waals surface area contributed by atoms with Crippen molar-refractivity contribution < 1.29 is 13.2 Å². The minimum atomic E-state index is -3.13. The van der Waals surface area contributed by atoms with Crippen molar-refractivity contribution >= 4 is 9.84 Å². The summed E-state index contributed by atoms with van der Waals surface area (Å²) in [6.45, 7) is 10.3. The number of rotatable bonds is 7. The Morgan fingerprint density at radius 3 is 2.19 bits per heavy atom. The molecule has 1 N–H and O–H groups in total. The Labute approximate surface area is 128 Å². The highest BCUT2D eigenvalue weighted by Gasteiger charge is 2.28. The molecule has 0 aliphatic carbocycles. The van der Waals surface area contributed by atoms with Gasteiger partial charge in [0.2, 0.25) is 0 Å². The summed E-state index contributed by atoms with van der Waals surface area (Å²) < 4.78 is 28.7. The largest absolute Gasteiger partial charge is 0.493 e. The highest BCUT2D eigenvalue weighted by atomic mass is 32.2. The average molecular weight is 313 g/mol. The minimum absolute atomic E-state index is 0.0349. The van der Waals surface area contributed by atoms with Crippen LogP contribution in [-0.4, -0.2) is 31.6 Å². The first kappa shape index (κ1) is 18.0. The van der Waals surface area contributed by atoms with Crippen LogP contribution in [0.25, 0.3) is 0 Å². The number of sulfone groups is 1. The van der Waals surface area contributed by atoms with Crippen molar-refractivity contribution in [3.8, 4) is 5.75 Å². The van der Waals surface area contributed by atoms with Crippen LogP contribution in [0.3, 0.4) is 0 Å². The average Bonchev–Trinajstić information content (AvgIpc) is 2.36. The van der Waals surface area contributed by atoms with E-state index in [9.17, 15) is 8.42 Å². The molecule has 0 spiro atoms. The molecule has 1 aromatic carbocycles.